The predicted molar refractivity (Wildman–Crippen MR) is 200 cm³/mol. The number of unbranched alkanes of at least 4 members (excludes halogenated alkanes) is 15. The fourth-order valence-electron chi connectivity index (χ4n) is 6.31. The van der Waals surface area contributed by atoms with Gasteiger partial charge in [0.15, 0.2) is 6.54 Å². The van der Waals surface area contributed by atoms with Crippen LogP contribution in [0.5, 0.6) is 0 Å². The van der Waals surface area contributed by atoms with Crippen molar-refractivity contribution < 1.29 is 14.1 Å². The highest BCUT2D eigenvalue weighted by molar-refractivity contribution is 8.03. The zero-order valence-electron chi connectivity index (χ0n) is 28.5. The number of ether oxygens (including phenoxy) is 1. The van der Waals surface area contributed by atoms with Crippen molar-refractivity contribution >= 4 is 51.0 Å². The highest BCUT2D eigenvalue weighted by Crippen LogP contribution is 2.46. The average Bonchev–Trinajstić information content (AvgIpc) is 3.61. The number of thioether (sulfide) groups is 1. The summed E-state index contributed by atoms with van der Waals surface area (Å²) in [7, 11) is 1.47. The molecule has 0 fully saturated rings. The highest BCUT2D eigenvalue weighted by Gasteiger charge is 2.24. The molecule has 2 heterocycles. The van der Waals surface area contributed by atoms with Crippen LogP contribution in [-0.2, 0) is 16.1 Å². The Labute approximate surface area is 287 Å². The standard InChI is InChI=1S/C40H57N2O2S2/c1-3-4-5-6-7-9-12-15-22-32-41-34-25-18-20-27-36(34)45-38(41)29-24-30-39-42(35-26-19-21-28-37(35)46-39)33-23-16-13-10-8-11-14-17-31-40(43)44-2/h18-21,24-30H,3-17,22-23,31-33H2,1-2H3/q+1. The minimum absolute atomic E-state index is 0.0846. The third-order valence-electron chi connectivity index (χ3n) is 8.98. The molecule has 0 unspecified atom stereocenters. The van der Waals surface area contributed by atoms with E-state index in [2.05, 4.69) is 83.1 Å². The van der Waals surface area contributed by atoms with Crippen molar-refractivity contribution in [3.8, 4) is 0 Å². The van der Waals surface area contributed by atoms with E-state index in [1.165, 1.54) is 134 Å². The Morgan fingerprint density at radius 1 is 0.783 bits per heavy atom. The summed E-state index contributed by atoms with van der Waals surface area (Å²) in [6.07, 6.45) is 29.3. The second kappa shape index (κ2) is 21.3. The molecular formula is C40H57N2O2S2+. The number of hydrogen-bond acceptors (Lipinski definition) is 5. The quantitative estimate of drug-likeness (QED) is 0.0575. The van der Waals surface area contributed by atoms with Crippen LogP contribution in [-0.4, -0.2) is 19.6 Å². The number of aromatic nitrogens is 1. The van der Waals surface area contributed by atoms with Gasteiger partial charge in [-0.25, -0.2) is 0 Å². The molecule has 3 aromatic rings. The molecule has 0 aliphatic carbocycles. The first kappa shape index (κ1) is 36.3. The number of methoxy groups -OCH3 is 1. The normalized spacial score (nSPS) is 13.8. The second-order valence-electron chi connectivity index (χ2n) is 12.6. The number of aryl methyl sites for hydroxylation is 1. The van der Waals surface area contributed by atoms with E-state index in [1.54, 1.807) is 0 Å². The molecule has 1 aliphatic heterocycles. The monoisotopic (exact) mass is 661 g/mol. The third kappa shape index (κ3) is 11.9. The number of para-hydroxylation sites is 2. The number of fused-ring (bicyclic) bond motifs is 2. The molecular weight excluding hydrogens is 605 g/mol. The predicted octanol–water partition coefficient (Wildman–Crippen LogP) is 11.9. The van der Waals surface area contributed by atoms with Crippen molar-refractivity contribution in [1.29, 1.82) is 0 Å². The number of benzene rings is 2. The summed E-state index contributed by atoms with van der Waals surface area (Å²) >= 11 is 3.81. The molecule has 250 valence electrons. The maximum Gasteiger partial charge on any atom is 0.305 e. The lowest BCUT2D eigenvalue weighted by atomic mass is 10.1. The van der Waals surface area contributed by atoms with Gasteiger partial charge >= 0.3 is 5.97 Å². The number of allylic oxidation sites excluding steroid dienone is 2. The molecule has 46 heavy (non-hydrogen) atoms. The van der Waals surface area contributed by atoms with Crippen LogP contribution in [0.2, 0.25) is 0 Å². The number of carbonyl (C=O) groups excluding carboxylic acids is 1. The third-order valence-corrected chi connectivity index (χ3v) is 11.2. The van der Waals surface area contributed by atoms with Crippen molar-refractivity contribution in [2.75, 3.05) is 18.6 Å². The number of anilines is 1. The lowest BCUT2D eigenvalue weighted by molar-refractivity contribution is -0.669. The van der Waals surface area contributed by atoms with Crippen molar-refractivity contribution in [1.82, 2.24) is 0 Å². The molecule has 4 rings (SSSR count). The van der Waals surface area contributed by atoms with E-state index in [4.69, 9.17) is 4.74 Å². The number of hydrogen-bond donors (Lipinski definition) is 0. The van der Waals surface area contributed by atoms with Crippen LogP contribution in [0.15, 0.2) is 70.6 Å². The van der Waals surface area contributed by atoms with Crippen LogP contribution in [0.25, 0.3) is 16.3 Å². The molecule has 1 aromatic heterocycles. The van der Waals surface area contributed by atoms with E-state index in [9.17, 15) is 4.79 Å². The fourth-order valence-corrected chi connectivity index (χ4v) is 8.51. The van der Waals surface area contributed by atoms with Gasteiger partial charge in [-0.1, -0.05) is 144 Å². The Morgan fingerprint density at radius 2 is 1.41 bits per heavy atom. The molecule has 2 aromatic carbocycles. The van der Waals surface area contributed by atoms with Crippen molar-refractivity contribution in [3.05, 3.63) is 70.7 Å². The molecule has 0 N–H and O–H groups in total. The van der Waals surface area contributed by atoms with Gasteiger partial charge in [-0.3, -0.25) is 4.79 Å². The molecule has 0 saturated carbocycles. The molecule has 0 saturated heterocycles. The number of nitrogens with zero attached hydrogens (tertiary/aromatic N) is 2. The van der Waals surface area contributed by atoms with Crippen LogP contribution in [0.1, 0.15) is 128 Å². The van der Waals surface area contributed by atoms with E-state index in [0.717, 1.165) is 25.9 Å². The van der Waals surface area contributed by atoms with E-state index < -0.39 is 0 Å². The maximum atomic E-state index is 11.3. The van der Waals surface area contributed by atoms with Crippen molar-refractivity contribution in [2.24, 2.45) is 0 Å². The summed E-state index contributed by atoms with van der Waals surface area (Å²) < 4.78 is 8.65. The first-order chi connectivity index (χ1) is 22.7. The maximum absolute atomic E-state index is 11.3. The second-order valence-corrected chi connectivity index (χ2v) is 14.8. The average molecular weight is 662 g/mol. The fraction of sp³-hybridized carbons (Fsp3) is 0.550. The zero-order valence-corrected chi connectivity index (χ0v) is 30.2. The van der Waals surface area contributed by atoms with Crippen LogP contribution in [0.4, 0.5) is 5.69 Å². The Balaban J connectivity index is 1.28. The summed E-state index contributed by atoms with van der Waals surface area (Å²) in [5.41, 5.74) is 2.71. The summed E-state index contributed by atoms with van der Waals surface area (Å²) in [4.78, 5) is 15.1. The number of thiazole rings is 1. The van der Waals surface area contributed by atoms with E-state index in [0.29, 0.717) is 6.42 Å². The van der Waals surface area contributed by atoms with Gasteiger partial charge in [0, 0.05) is 36.4 Å². The first-order valence-electron chi connectivity index (χ1n) is 18.1. The van der Waals surface area contributed by atoms with Crippen molar-refractivity contribution in [3.63, 3.8) is 0 Å². The van der Waals surface area contributed by atoms with Gasteiger partial charge in [0.2, 0.25) is 5.52 Å². The van der Waals surface area contributed by atoms with Gasteiger partial charge in [0.1, 0.15) is 4.70 Å². The van der Waals surface area contributed by atoms with E-state index in [1.807, 2.05) is 23.1 Å². The van der Waals surface area contributed by atoms with Crippen LogP contribution >= 0.6 is 23.1 Å². The van der Waals surface area contributed by atoms with Crippen LogP contribution < -0.4 is 9.47 Å². The molecule has 0 bridgehead atoms. The molecule has 1 aliphatic rings. The van der Waals surface area contributed by atoms with Gasteiger partial charge in [0.25, 0.3) is 5.01 Å². The SMILES string of the molecule is CCCCCCCCCCC[n+]1c(/C=C/C=C2/Sc3ccccc3N2CCCCCCCCCCC(=O)OC)sc2ccccc21. The van der Waals surface area contributed by atoms with Crippen LogP contribution in [0.3, 0.4) is 0 Å². The van der Waals surface area contributed by atoms with Gasteiger partial charge in [-0.2, -0.15) is 4.57 Å². The smallest absolute Gasteiger partial charge is 0.305 e. The Bertz CT molecular complexity index is 1380. The molecule has 4 nitrogen and oxygen atoms in total. The highest BCUT2D eigenvalue weighted by atomic mass is 32.2. The topological polar surface area (TPSA) is 33.4 Å². The summed E-state index contributed by atoms with van der Waals surface area (Å²) in [6.45, 7) is 4.44. The number of esters is 1. The Kier molecular flexibility index (Phi) is 16.8. The van der Waals surface area contributed by atoms with Gasteiger partial charge in [0.05, 0.1) is 17.8 Å². The number of carbonyl (C=O) groups is 1. The largest absolute Gasteiger partial charge is 0.469 e. The van der Waals surface area contributed by atoms with Gasteiger partial charge in [-0.05, 0) is 43.5 Å². The molecule has 0 radical (unpaired) electrons. The first-order valence-corrected chi connectivity index (χ1v) is 19.8. The van der Waals surface area contributed by atoms with E-state index >= 15 is 0 Å². The van der Waals surface area contributed by atoms with Crippen molar-refractivity contribution in [2.45, 2.75) is 134 Å². The Morgan fingerprint density at radius 3 is 2.15 bits per heavy atom. The lowest BCUT2D eigenvalue weighted by Gasteiger charge is -2.20. The minimum atomic E-state index is -0.0846. The summed E-state index contributed by atoms with van der Waals surface area (Å²) in [6, 6.07) is 17.7. The molecule has 6 heteroatoms. The minimum Gasteiger partial charge on any atom is -0.469 e. The van der Waals surface area contributed by atoms with Gasteiger partial charge in [-0.15, -0.1) is 0 Å². The van der Waals surface area contributed by atoms with Crippen LogP contribution in [0, 0.1) is 0 Å². The summed E-state index contributed by atoms with van der Waals surface area (Å²) in [5, 5.41) is 2.67. The molecule has 0 spiro atoms. The van der Waals surface area contributed by atoms with Gasteiger partial charge < -0.3 is 9.64 Å². The lowest BCUT2D eigenvalue weighted by Crippen LogP contribution is -2.34. The van der Waals surface area contributed by atoms with E-state index in [-0.39, 0.29) is 5.97 Å². The molecule has 0 atom stereocenters. The molecule has 0 amide bonds. The number of rotatable bonds is 23. The Hall–Kier alpha value is -2.57. The zero-order chi connectivity index (χ0) is 32.2. The summed E-state index contributed by atoms with van der Waals surface area (Å²) in [5.74, 6) is -0.0846.